The fourth-order valence-electron chi connectivity index (χ4n) is 3.56. The van der Waals surface area contributed by atoms with Crippen LogP contribution in [0.15, 0.2) is 48.0 Å². The highest BCUT2D eigenvalue weighted by atomic mass is 32.2. The Labute approximate surface area is 166 Å². The van der Waals surface area contributed by atoms with Gasteiger partial charge in [-0.3, -0.25) is 4.21 Å². The molecule has 0 spiro atoms. The van der Waals surface area contributed by atoms with E-state index in [1.165, 1.54) is 12.1 Å². The maximum atomic E-state index is 13.5. The molecule has 2 aromatic carbocycles. The molecule has 5 nitrogen and oxygen atoms in total. The van der Waals surface area contributed by atoms with Gasteiger partial charge in [0.1, 0.15) is 17.2 Å². The van der Waals surface area contributed by atoms with Crippen LogP contribution in [0.4, 0.5) is 4.39 Å². The van der Waals surface area contributed by atoms with Crippen LogP contribution in [0.5, 0.6) is 5.75 Å². The summed E-state index contributed by atoms with van der Waals surface area (Å²) in [6.45, 7) is 4.05. The Morgan fingerprint density at radius 3 is 2.46 bits per heavy atom. The Morgan fingerprint density at radius 2 is 1.89 bits per heavy atom. The number of hydrogen-bond donors (Lipinski definition) is 1. The molecule has 0 radical (unpaired) electrons. The fraction of sp³-hybridized carbons (Fsp3) is 0.286. The third kappa shape index (κ3) is 3.72. The van der Waals surface area contributed by atoms with Crippen molar-refractivity contribution in [2.45, 2.75) is 38.8 Å². The Hall–Kier alpha value is -2.53. The molecule has 1 aliphatic rings. The molecule has 1 atom stereocenters. The molecule has 0 saturated carbocycles. The van der Waals surface area contributed by atoms with E-state index in [1.54, 1.807) is 24.3 Å². The molecule has 0 saturated heterocycles. The lowest BCUT2D eigenvalue weighted by Gasteiger charge is -2.38. The number of fused-ring (bicyclic) bond motifs is 1. The van der Waals surface area contributed by atoms with Gasteiger partial charge in [0.2, 0.25) is 0 Å². The second kappa shape index (κ2) is 8.23. The van der Waals surface area contributed by atoms with Gasteiger partial charge in [-0.1, -0.05) is 38.1 Å². The number of benzene rings is 2. The highest BCUT2D eigenvalue weighted by molar-refractivity contribution is 7.77. The first-order valence-corrected chi connectivity index (χ1v) is 10.1. The van der Waals surface area contributed by atoms with Gasteiger partial charge in [0.05, 0.1) is 11.6 Å². The van der Waals surface area contributed by atoms with Crippen molar-refractivity contribution in [2.75, 3.05) is 0 Å². The van der Waals surface area contributed by atoms with Crippen LogP contribution in [0.1, 0.15) is 43.4 Å². The Bertz CT molecular complexity index is 976. The van der Waals surface area contributed by atoms with E-state index >= 15 is 0 Å². The molecule has 0 aliphatic carbocycles. The third-order valence-electron chi connectivity index (χ3n) is 5.11. The summed E-state index contributed by atoms with van der Waals surface area (Å²) in [5, 5.41) is 9.96. The van der Waals surface area contributed by atoms with Gasteiger partial charge >= 0.3 is 0 Å². The Balaban J connectivity index is 2.21. The summed E-state index contributed by atoms with van der Waals surface area (Å²) in [5.74, 6) is 0.234. The number of hydrogen-bond acceptors (Lipinski definition) is 4. The average molecular weight is 399 g/mol. The lowest BCUT2D eigenvalue weighted by Crippen LogP contribution is -2.40. The molecule has 7 heteroatoms. The minimum atomic E-state index is -2.36. The van der Waals surface area contributed by atoms with E-state index in [-0.39, 0.29) is 12.4 Å². The lowest BCUT2D eigenvalue weighted by atomic mass is 9.78. The zero-order chi connectivity index (χ0) is 20.3. The summed E-state index contributed by atoms with van der Waals surface area (Å²) in [7, 11) is 0. The van der Waals surface area contributed by atoms with Crippen LogP contribution in [-0.2, 0) is 17.8 Å². The fourth-order valence-corrected chi connectivity index (χ4v) is 3.84. The summed E-state index contributed by atoms with van der Waals surface area (Å²) >= 11 is -2.36. The molecular weight excluding hydrogens is 379 g/mol. The second-order valence-electron chi connectivity index (χ2n) is 6.56. The predicted octanol–water partition coefficient (Wildman–Crippen LogP) is 3.99. The van der Waals surface area contributed by atoms with Crippen LogP contribution in [0.3, 0.4) is 0 Å². The largest absolute Gasteiger partial charge is 0.760 e. The summed E-state index contributed by atoms with van der Waals surface area (Å²) in [4.78, 5) is 0. The van der Waals surface area contributed by atoms with Gasteiger partial charge in [-0.05, 0) is 42.2 Å². The van der Waals surface area contributed by atoms with E-state index in [2.05, 4.69) is 10.8 Å². The first-order chi connectivity index (χ1) is 13.4. The Morgan fingerprint density at radius 1 is 1.21 bits per heavy atom. The summed E-state index contributed by atoms with van der Waals surface area (Å²) in [5.41, 5.74) is 2.65. The number of rotatable bonds is 6. The van der Waals surface area contributed by atoms with Crippen molar-refractivity contribution in [3.63, 3.8) is 0 Å². The van der Waals surface area contributed by atoms with Crippen LogP contribution in [-0.4, -0.2) is 14.4 Å². The van der Waals surface area contributed by atoms with Crippen LogP contribution in [0, 0.1) is 17.1 Å². The highest BCUT2D eigenvalue weighted by Crippen LogP contribution is 2.46. The van der Waals surface area contributed by atoms with Crippen molar-refractivity contribution >= 4 is 16.8 Å². The minimum Gasteiger partial charge on any atom is -0.760 e. The number of ether oxygens (including phenoxy) is 1. The summed E-state index contributed by atoms with van der Waals surface area (Å²) in [6, 6.07) is 13.8. The maximum absolute atomic E-state index is 13.5. The molecule has 0 amide bonds. The van der Waals surface area contributed by atoms with E-state index in [0.29, 0.717) is 24.2 Å². The monoisotopic (exact) mass is 399 g/mol. The quantitative estimate of drug-likeness (QED) is 0.745. The van der Waals surface area contributed by atoms with Crippen molar-refractivity contribution in [1.29, 1.82) is 5.26 Å². The van der Waals surface area contributed by atoms with Crippen LogP contribution in [0.25, 0.3) is 5.57 Å². The normalized spacial score (nSPS) is 16.1. The number of halogens is 1. The Kier molecular flexibility index (Phi) is 5.94. The smallest absolute Gasteiger partial charge is 0.144 e. The molecule has 1 aliphatic heterocycles. The number of nitrogens with zero attached hydrogens (tertiary/aromatic N) is 1. The van der Waals surface area contributed by atoms with Crippen LogP contribution >= 0.6 is 0 Å². The van der Waals surface area contributed by atoms with Gasteiger partial charge < -0.3 is 9.29 Å². The van der Waals surface area contributed by atoms with Gasteiger partial charge in [-0.15, -0.1) is 0 Å². The standard InChI is InChI=1S/C21H21FN2O3S/c1-3-21(4-2)18(12-23)20(15-6-8-16(22)9-7-15)17-10-5-14(11-19(17)27-21)13-24-28(25)26/h5-11,24H,3-4,13H2,1-2H3,(H,25,26)/p-1. The molecule has 0 fully saturated rings. The zero-order valence-electron chi connectivity index (χ0n) is 15.6. The van der Waals surface area contributed by atoms with Crippen LogP contribution < -0.4 is 9.46 Å². The molecule has 1 unspecified atom stereocenters. The zero-order valence-corrected chi connectivity index (χ0v) is 16.4. The molecule has 0 aromatic heterocycles. The van der Waals surface area contributed by atoms with E-state index in [4.69, 9.17) is 4.74 Å². The van der Waals surface area contributed by atoms with E-state index < -0.39 is 16.9 Å². The molecule has 1 heterocycles. The van der Waals surface area contributed by atoms with E-state index in [1.807, 2.05) is 19.9 Å². The molecule has 0 bridgehead atoms. The molecular formula is C21H20FN2O3S-. The highest BCUT2D eigenvalue weighted by Gasteiger charge is 2.41. The predicted molar refractivity (Wildman–Crippen MR) is 104 cm³/mol. The average Bonchev–Trinajstić information content (AvgIpc) is 2.71. The molecule has 2 aromatic rings. The van der Waals surface area contributed by atoms with Crippen molar-refractivity contribution < 1.29 is 17.9 Å². The third-order valence-corrected chi connectivity index (χ3v) is 5.49. The van der Waals surface area contributed by atoms with Gasteiger partial charge in [0.15, 0.2) is 0 Å². The van der Waals surface area contributed by atoms with Crippen molar-refractivity contribution in [3.05, 3.63) is 70.5 Å². The van der Waals surface area contributed by atoms with Gasteiger partial charge in [0.25, 0.3) is 0 Å². The second-order valence-corrected chi connectivity index (χ2v) is 7.32. The topological polar surface area (TPSA) is 85.2 Å². The van der Waals surface area contributed by atoms with Gasteiger partial charge in [-0.25, -0.2) is 9.11 Å². The van der Waals surface area contributed by atoms with E-state index in [0.717, 1.165) is 22.3 Å². The first kappa shape index (κ1) is 20.2. The van der Waals surface area contributed by atoms with Gasteiger partial charge in [0, 0.05) is 28.9 Å². The SMILES string of the molecule is CCC1(CC)Oc2cc(CNS(=O)[O-])ccc2C(c2ccc(F)cc2)=C1C#N. The van der Waals surface area contributed by atoms with Gasteiger partial charge in [-0.2, -0.15) is 5.26 Å². The van der Waals surface area contributed by atoms with Crippen molar-refractivity contribution in [2.24, 2.45) is 0 Å². The summed E-state index contributed by atoms with van der Waals surface area (Å²) < 4.78 is 43.7. The lowest BCUT2D eigenvalue weighted by molar-refractivity contribution is 0.0993. The van der Waals surface area contributed by atoms with Crippen LogP contribution in [0.2, 0.25) is 0 Å². The van der Waals surface area contributed by atoms with Crippen molar-refractivity contribution in [3.8, 4) is 11.8 Å². The molecule has 28 heavy (non-hydrogen) atoms. The molecule has 146 valence electrons. The van der Waals surface area contributed by atoms with Crippen molar-refractivity contribution in [1.82, 2.24) is 4.72 Å². The van der Waals surface area contributed by atoms with E-state index in [9.17, 15) is 18.4 Å². The molecule has 3 rings (SSSR count). The number of nitriles is 1. The number of nitrogens with one attached hydrogen (secondary N) is 1. The maximum Gasteiger partial charge on any atom is 0.144 e. The minimum absolute atomic E-state index is 0.138. The first-order valence-electron chi connectivity index (χ1n) is 9.00. The molecule has 1 N–H and O–H groups in total. The summed E-state index contributed by atoms with van der Waals surface area (Å²) in [6.07, 6.45) is 1.17.